The first kappa shape index (κ1) is 19.1. The largest absolute Gasteiger partial charge is 0.236 e. The molecule has 0 saturated heterocycles. The minimum Gasteiger partial charge on any atom is -0.236 e. The third-order valence-corrected chi connectivity index (χ3v) is 7.54. The van der Waals surface area contributed by atoms with E-state index < -0.39 is 0 Å². The van der Waals surface area contributed by atoms with Crippen LogP contribution in [0.25, 0.3) is 53.7 Å². The molecule has 4 aromatic carbocycles. The molecule has 6 aromatic rings. The second-order valence-electron chi connectivity index (χ2n) is 7.55. The zero-order valence-corrected chi connectivity index (χ0v) is 18.7. The maximum absolute atomic E-state index is 4.75. The van der Waals surface area contributed by atoms with Gasteiger partial charge in [0.05, 0.1) is 20.4 Å². The van der Waals surface area contributed by atoms with Crippen LogP contribution in [-0.2, 0) is 0 Å². The summed E-state index contributed by atoms with van der Waals surface area (Å²) < 4.78 is 2.45. The van der Waals surface area contributed by atoms with E-state index in [9.17, 15) is 0 Å². The molecule has 0 amide bonds. The van der Waals surface area contributed by atoms with E-state index in [1.807, 2.05) is 12.1 Å². The van der Waals surface area contributed by atoms with Crippen molar-refractivity contribution in [2.75, 3.05) is 0 Å². The molecular formula is C28H18N2S2. The van der Waals surface area contributed by atoms with Crippen molar-refractivity contribution in [3.63, 3.8) is 0 Å². The van der Waals surface area contributed by atoms with Crippen molar-refractivity contribution in [3.8, 4) is 21.1 Å². The average molecular weight is 447 g/mol. The lowest BCUT2D eigenvalue weighted by atomic mass is 10.1. The molecule has 0 N–H and O–H groups in total. The standard InChI is InChI=1S/C28H18N2S2/c1-3-7-25-23(5-1)29-27(31-25)21-15-11-19(12-16-21)9-10-20-13-17-22(18-14-20)28-30-24-6-2-4-8-26(24)32-28/h1-18H. The van der Waals surface area contributed by atoms with Crippen LogP contribution in [-0.4, -0.2) is 9.97 Å². The molecule has 0 bridgehead atoms. The molecule has 4 heteroatoms. The molecule has 0 aliphatic heterocycles. The highest BCUT2D eigenvalue weighted by Gasteiger charge is 2.06. The minimum atomic E-state index is 1.06. The Hall–Kier alpha value is -3.60. The monoisotopic (exact) mass is 446 g/mol. The van der Waals surface area contributed by atoms with Crippen molar-refractivity contribution >= 4 is 55.3 Å². The van der Waals surface area contributed by atoms with Crippen LogP contribution in [0, 0.1) is 0 Å². The summed E-state index contributed by atoms with van der Waals surface area (Å²) in [6.07, 6.45) is 4.30. The predicted octanol–water partition coefficient (Wildman–Crippen LogP) is 8.41. The van der Waals surface area contributed by atoms with Gasteiger partial charge in [0.25, 0.3) is 0 Å². The summed E-state index contributed by atoms with van der Waals surface area (Å²) in [5, 5.41) is 2.12. The molecule has 2 aromatic heterocycles. The maximum Gasteiger partial charge on any atom is 0.124 e. The molecule has 0 aliphatic rings. The fraction of sp³-hybridized carbons (Fsp3) is 0. The first-order valence-corrected chi connectivity index (χ1v) is 12.1. The summed E-state index contributed by atoms with van der Waals surface area (Å²) >= 11 is 3.47. The summed E-state index contributed by atoms with van der Waals surface area (Å²) in [5.74, 6) is 0. The van der Waals surface area contributed by atoms with Gasteiger partial charge < -0.3 is 0 Å². The van der Waals surface area contributed by atoms with Gasteiger partial charge in [-0.2, -0.15) is 0 Å². The van der Waals surface area contributed by atoms with Crippen LogP contribution in [0.5, 0.6) is 0 Å². The van der Waals surface area contributed by atoms with E-state index in [1.165, 1.54) is 20.5 Å². The number of rotatable bonds is 4. The van der Waals surface area contributed by atoms with Crippen LogP contribution in [0.3, 0.4) is 0 Å². The van der Waals surface area contributed by atoms with Gasteiger partial charge in [0.2, 0.25) is 0 Å². The third-order valence-electron chi connectivity index (χ3n) is 5.37. The highest BCUT2D eigenvalue weighted by Crippen LogP contribution is 2.31. The van der Waals surface area contributed by atoms with Gasteiger partial charge in [-0.3, -0.25) is 0 Å². The lowest BCUT2D eigenvalue weighted by Gasteiger charge is -1.99. The van der Waals surface area contributed by atoms with Gasteiger partial charge in [-0.05, 0) is 35.4 Å². The molecule has 6 rings (SSSR count). The van der Waals surface area contributed by atoms with Crippen LogP contribution >= 0.6 is 22.7 Å². The number of aromatic nitrogens is 2. The normalized spacial score (nSPS) is 11.6. The quantitative estimate of drug-likeness (QED) is 0.254. The second-order valence-corrected chi connectivity index (χ2v) is 9.61. The Balaban J connectivity index is 1.19. The smallest absolute Gasteiger partial charge is 0.124 e. The molecule has 2 heterocycles. The number of thiazole rings is 2. The van der Waals surface area contributed by atoms with E-state index in [0.717, 1.165) is 32.2 Å². The zero-order chi connectivity index (χ0) is 21.3. The van der Waals surface area contributed by atoms with E-state index in [1.54, 1.807) is 22.7 Å². The fourth-order valence-electron chi connectivity index (χ4n) is 3.66. The van der Waals surface area contributed by atoms with E-state index >= 15 is 0 Å². The number of hydrogen-bond donors (Lipinski definition) is 0. The summed E-state index contributed by atoms with van der Waals surface area (Å²) in [6.45, 7) is 0. The van der Waals surface area contributed by atoms with Crippen LogP contribution in [0.15, 0.2) is 97.1 Å². The number of nitrogens with zero attached hydrogens (tertiary/aromatic N) is 2. The van der Waals surface area contributed by atoms with Crippen LogP contribution in [0.1, 0.15) is 11.1 Å². The fourth-order valence-corrected chi connectivity index (χ4v) is 5.60. The number of fused-ring (bicyclic) bond motifs is 2. The Labute approximate surface area is 194 Å². The van der Waals surface area contributed by atoms with Crippen molar-refractivity contribution in [1.29, 1.82) is 0 Å². The van der Waals surface area contributed by atoms with Gasteiger partial charge >= 0.3 is 0 Å². The minimum absolute atomic E-state index is 1.06. The van der Waals surface area contributed by atoms with Gasteiger partial charge in [-0.25, -0.2) is 9.97 Å². The first-order chi connectivity index (χ1) is 15.8. The van der Waals surface area contributed by atoms with Gasteiger partial charge in [-0.15, -0.1) is 22.7 Å². The highest BCUT2D eigenvalue weighted by molar-refractivity contribution is 7.22. The molecule has 0 fully saturated rings. The Morgan fingerprint density at radius 3 is 1.28 bits per heavy atom. The number of hydrogen-bond acceptors (Lipinski definition) is 4. The van der Waals surface area contributed by atoms with Crippen molar-refractivity contribution in [2.24, 2.45) is 0 Å². The van der Waals surface area contributed by atoms with E-state index in [4.69, 9.17) is 9.97 Å². The number of benzene rings is 4. The van der Waals surface area contributed by atoms with Crippen molar-refractivity contribution in [3.05, 3.63) is 108 Å². The molecule has 0 spiro atoms. The van der Waals surface area contributed by atoms with Gasteiger partial charge in [-0.1, -0.05) is 84.9 Å². The molecule has 0 saturated carbocycles. The molecule has 0 unspecified atom stereocenters. The van der Waals surface area contributed by atoms with Crippen LogP contribution < -0.4 is 0 Å². The maximum atomic E-state index is 4.75. The second kappa shape index (κ2) is 8.15. The molecule has 0 radical (unpaired) electrons. The molecule has 0 aliphatic carbocycles. The highest BCUT2D eigenvalue weighted by atomic mass is 32.1. The van der Waals surface area contributed by atoms with E-state index in [0.29, 0.717) is 0 Å². The third kappa shape index (κ3) is 3.75. The summed E-state index contributed by atoms with van der Waals surface area (Å²) in [5.41, 5.74) is 6.78. The van der Waals surface area contributed by atoms with E-state index in [2.05, 4.69) is 97.1 Å². The Bertz CT molecular complexity index is 1370. The van der Waals surface area contributed by atoms with Gasteiger partial charge in [0.1, 0.15) is 10.0 Å². The SMILES string of the molecule is C(=Cc1ccc(-c2nc3ccccc3s2)cc1)c1ccc(-c2nc3ccccc3s2)cc1. The summed E-state index contributed by atoms with van der Waals surface area (Å²) in [4.78, 5) is 9.50. The molecular weight excluding hydrogens is 428 g/mol. The van der Waals surface area contributed by atoms with Crippen molar-refractivity contribution in [1.82, 2.24) is 9.97 Å². The van der Waals surface area contributed by atoms with Crippen LogP contribution in [0.4, 0.5) is 0 Å². The number of para-hydroxylation sites is 2. The van der Waals surface area contributed by atoms with Gasteiger partial charge in [0, 0.05) is 11.1 Å². The lowest BCUT2D eigenvalue weighted by Crippen LogP contribution is -1.79. The Morgan fingerprint density at radius 1 is 0.469 bits per heavy atom. The molecule has 0 atom stereocenters. The van der Waals surface area contributed by atoms with Crippen molar-refractivity contribution < 1.29 is 0 Å². The van der Waals surface area contributed by atoms with Crippen molar-refractivity contribution in [2.45, 2.75) is 0 Å². The summed E-state index contributed by atoms with van der Waals surface area (Å²) in [6, 6.07) is 33.7. The van der Waals surface area contributed by atoms with Crippen LogP contribution in [0.2, 0.25) is 0 Å². The van der Waals surface area contributed by atoms with E-state index in [-0.39, 0.29) is 0 Å². The Morgan fingerprint density at radius 2 is 0.875 bits per heavy atom. The Kier molecular flexibility index (Phi) is 4.87. The molecule has 152 valence electrons. The lowest BCUT2D eigenvalue weighted by molar-refractivity contribution is 1.47. The van der Waals surface area contributed by atoms with Gasteiger partial charge in [0.15, 0.2) is 0 Å². The molecule has 2 nitrogen and oxygen atoms in total. The first-order valence-electron chi connectivity index (χ1n) is 10.4. The molecule has 32 heavy (non-hydrogen) atoms. The topological polar surface area (TPSA) is 25.8 Å². The predicted molar refractivity (Wildman–Crippen MR) is 139 cm³/mol. The average Bonchev–Trinajstić information content (AvgIpc) is 3.48. The summed E-state index contributed by atoms with van der Waals surface area (Å²) in [7, 11) is 0. The zero-order valence-electron chi connectivity index (χ0n) is 17.1.